The number of ether oxygens (including phenoxy) is 2. The number of rotatable bonds is 4. The van der Waals surface area contributed by atoms with E-state index in [0.717, 1.165) is 12.8 Å². The molecule has 0 amide bonds. The van der Waals surface area contributed by atoms with E-state index in [9.17, 15) is 4.79 Å². The van der Waals surface area contributed by atoms with Crippen LogP contribution in [0.25, 0.3) is 0 Å². The Kier molecular flexibility index (Phi) is 3.06. The largest absolute Gasteiger partial charge is 0.497 e. The fourth-order valence-electron chi connectivity index (χ4n) is 1.97. The second kappa shape index (κ2) is 4.88. The van der Waals surface area contributed by atoms with Gasteiger partial charge in [0.2, 0.25) is 0 Å². The summed E-state index contributed by atoms with van der Waals surface area (Å²) in [4.78, 5) is 16.2. The summed E-state index contributed by atoms with van der Waals surface area (Å²) < 4.78 is 12.3. The van der Waals surface area contributed by atoms with Gasteiger partial charge in [-0.3, -0.25) is 4.79 Å². The van der Waals surface area contributed by atoms with E-state index in [1.165, 1.54) is 0 Å². The molecular formula is C14H15N3O3. The van der Waals surface area contributed by atoms with Crippen molar-refractivity contribution in [3.05, 3.63) is 40.9 Å². The molecule has 0 aliphatic heterocycles. The number of nitrogens with zero attached hydrogens (tertiary/aromatic N) is 2. The maximum absolute atomic E-state index is 12.2. The number of hydrogen-bond acceptors (Lipinski definition) is 5. The minimum absolute atomic E-state index is 0.0382. The molecule has 0 spiro atoms. The first-order valence-corrected chi connectivity index (χ1v) is 6.37. The second-order valence-electron chi connectivity index (χ2n) is 4.68. The summed E-state index contributed by atoms with van der Waals surface area (Å²) in [5, 5.41) is 0. The topological polar surface area (TPSA) is 79.4 Å². The Balaban J connectivity index is 1.91. The standard InChI is InChI=1S/C14H15N3O3/c1-19-10-4-5-12(11(15)8-10)20-13-14(18)17(7-6-16-13)9-2-3-9/h4-9H,2-3,15H2,1H3. The quantitative estimate of drug-likeness (QED) is 0.861. The third-order valence-electron chi connectivity index (χ3n) is 3.20. The molecule has 0 saturated heterocycles. The first-order valence-electron chi connectivity index (χ1n) is 6.37. The predicted octanol–water partition coefficient (Wildman–Crippen LogP) is 1.96. The van der Waals surface area contributed by atoms with Gasteiger partial charge in [0.1, 0.15) is 5.75 Å². The van der Waals surface area contributed by atoms with Crippen molar-refractivity contribution in [3.8, 4) is 17.4 Å². The van der Waals surface area contributed by atoms with Crippen molar-refractivity contribution >= 4 is 5.69 Å². The van der Waals surface area contributed by atoms with Gasteiger partial charge in [-0.15, -0.1) is 0 Å². The highest BCUT2D eigenvalue weighted by atomic mass is 16.5. The Labute approximate surface area is 115 Å². The van der Waals surface area contributed by atoms with Crippen LogP contribution in [-0.2, 0) is 0 Å². The summed E-state index contributed by atoms with van der Waals surface area (Å²) in [6, 6.07) is 5.29. The van der Waals surface area contributed by atoms with Crippen molar-refractivity contribution in [1.29, 1.82) is 0 Å². The zero-order chi connectivity index (χ0) is 14.1. The van der Waals surface area contributed by atoms with Gasteiger partial charge in [0.15, 0.2) is 5.75 Å². The normalized spacial score (nSPS) is 14.1. The first kappa shape index (κ1) is 12.5. The molecule has 1 aromatic carbocycles. The molecule has 1 saturated carbocycles. The van der Waals surface area contributed by atoms with Crippen LogP contribution in [0, 0.1) is 0 Å². The van der Waals surface area contributed by atoms with Crippen molar-refractivity contribution in [2.24, 2.45) is 0 Å². The fraction of sp³-hybridized carbons (Fsp3) is 0.286. The molecule has 1 fully saturated rings. The van der Waals surface area contributed by atoms with Crippen LogP contribution in [0.3, 0.4) is 0 Å². The van der Waals surface area contributed by atoms with E-state index in [0.29, 0.717) is 17.2 Å². The van der Waals surface area contributed by atoms with E-state index >= 15 is 0 Å². The molecule has 104 valence electrons. The van der Waals surface area contributed by atoms with Gasteiger partial charge >= 0.3 is 5.56 Å². The number of aromatic nitrogens is 2. The van der Waals surface area contributed by atoms with Gasteiger partial charge < -0.3 is 19.8 Å². The van der Waals surface area contributed by atoms with Gasteiger partial charge in [0.05, 0.1) is 12.8 Å². The van der Waals surface area contributed by atoms with Crippen molar-refractivity contribution in [2.75, 3.05) is 12.8 Å². The average Bonchev–Trinajstić information content (AvgIpc) is 3.27. The number of benzene rings is 1. The van der Waals surface area contributed by atoms with Crippen molar-refractivity contribution in [2.45, 2.75) is 18.9 Å². The van der Waals surface area contributed by atoms with Gasteiger partial charge in [-0.25, -0.2) is 4.98 Å². The van der Waals surface area contributed by atoms with Crippen LogP contribution in [-0.4, -0.2) is 16.7 Å². The van der Waals surface area contributed by atoms with Gasteiger partial charge in [-0.1, -0.05) is 0 Å². The van der Waals surface area contributed by atoms with Crippen LogP contribution >= 0.6 is 0 Å². The molecule has 6 heteroatoms. The summed E-state index contributed by atoms with van der Waals surface area (Å²) in [5.41, 5.74) is 6.03. The Morgan fingerprint density at radius 3 is 2.85 bits per heavy atom. The second-order valence-corrected chi connectivity index (χ2v) is 4.68. The molecule has 20 heavy (non-hydrogen) atoms. The number of methoxy groups -OCH3 is 1. The zero-order valence-electron chi connectivity index (χ0n) is 11.1. The predicted molar refractivity (Wildman–Crippen MR) is 74.2 cm³/mol. The molecule has 2 N–H and O–H groups in total. The van der Waals surface area contributed by atoms with Crippen LogP contribution in [0.2, 0.25) is 0 Å². The third kappa shape index (κ3) is 2.32. The molecule has 1 aliphatic carbocycles. The molecule has 1 heterocycles. The van der Waals surface area contributed by atoms with E-state index in [-0.39, 0.29) is 17.5 Å². The van der Waals surface area contributed by atoms with E-state index in [1.807, 2.05) is 0 Å². The summed E-state index contributed by atoms with van der Waals surface area (Å²) in [6.45, 7) is 0. The smallest absolute Gasteiger partial charge is 0.313 e. The summed E-state index contributed by atoms with van der Waals surface area (Å²) in [7, 11) is 1.56. The highest BCUT2D eigenvalue weighted by molar-refractivity contribution is 5.57. The third-order valence-corrected chi connectivity index (χ3v) is 3.20. The molecule has 0 atom stereocenters. The van der Waals surface area contributed by atoms with Crippen LogP contribution in [0.1, 0.15) is 18.9 Å². The Morgan fingerprint density at radius 2 is 2.20 bits per heavy atom. The average molecular weight is 273 g/mol. The lowest BCUT2D eigenvalue weighted by atomic mass is 10.3. The van der Waals surface area contributed by atoms with E-state index in [1.54, 1.807) is 42.3 Å². The number of nitrogens with two attached hydrogens (primary N) is 1. The molecule has 0 radical (unpaired) electrons. The van der Waals surface area contributed by atoms with Crippen LogP contribution in [0.4, 0.5) is 5.69 Å². The molecular weight excluding hydrogens is 258 g/mol. The maximum atomic E-state index is 12.2. The minimum atomic E-state index is -0.231. The van der Waals surface area contributed by atoms with Gasteiger partial charge in [-0.2, -0.15) is 0 Å². The molecule has 6 nitrogen and oxygen atoms in total. The minimum Gasteiger partial charge on any atom is -0.497 e. The Morgan fingerprint density at radius 1 is 1.40 bits per heavy atom. The molecule has 0 bridgehead atoms. The van der Waals surface area contributed by atoms with E-state index in [4.69, 9.17) is 15.2 Å². The van der Waals surface area contributed by atoms with Crippen LogP contribution < -0.4 is 20.8 Å². The Hall–Kier alpha value is -2.50. The number of nitrogen functional groups attached to an aromatic ring is 1. The highest BCUT2D eigenvalue weighted by Gasteiger charge is 2.25. The lowest BCUT2D eigenvalue weighted by molar-refractivity contribution is 0.412. The summed E-state index contributed by atoms with van der Waals surface area (Å²) in [6.07, 6.45) is 5.29. The van der Waals surface area contributed by atoms with Gasteiger partial charge in [0, 0.05) is 24.5 Å². The summed E-state index contributed by atoms with van der Waals surface area (Å²) >= 11 is 0. The Bertz CT molecular complexity index is 692. The number of anilines is 1. The van der Waals surface area contributed by atoms with Crippen molar-refractivity contribution in [1.82, 2.24) is 9.55 Å². The zero-order valence-corrected chi connectivity index (χ0v) is 11.1. The maximum Gasteiger partial charge on any atom is 0.313 e. The molecule has 0 unspecified atom stereocenters. The van der Waals surface area contributed by atoms with E-state index in [2.05, 4.69) is 4.98 Å². The molecule has 3 rings (SSSR count). The monoisotopic (exact) mass is 273 g/mol. The van der Waals surface area contributed by atoms with Crippen LogP contribution in [0.15, 0.2) is 35.4 Å². The fourth-order valence-corrected chi connectivity index (χ4v) is 1.97. The van der Waals surface area contributed by atoms with Crippen LogP contribution in [0.5, 0.6) is 17.4 Å². The molecule has 1 aliphatic rings. The number of hydrogen-bond donors (Lipinski definition) is 1. The van der Waals surface area contributed by atoms with Crippen molar-refractivity contribution < 1.29 is 9.47 Å². The van der Waals surface area contributed by atoms with E-state index < -0.39 is 0 Å². The SMILES string of the molecule is COc1ccc(Oc2nccn(C3CC3)c2=O)c(N)c1. The first-order chi connectivity index (χ1) is 9.69. The molecule has 2 aromatic rings. The lowest BCUT2D eigenvalue weighted by Crippen LogP contribution is -2.20. The lowest BCUT2D eigenvalue weighted by Gasteiger charge is -2.10. The molecule has 1 aromatic heterocycles. The summed E-state index contributed by atoms with van der Waals surface area (Å²) in [5.74, 6) is 1.06. The van der Waals surface area contributed by atoms with Crippen molar-refractivity contribution in [3.63, 3.8) is 0 Å². The van der Waals surface area contributed by atoms with Gasteiger partial charge in [-0.05, 0) is 25.0 Å². The van der Waals surface area contributed by atoms with Gasteiger partial charge in [0.25, 0.3) is 5.88 Å². The highest BCUT2D eigenvalue weighted by Crippen LogP contribution is 2.34.